The molecule has 0 saturated carbocycles. The van der Waals surface area contributed by atoms with E-state index in [1.165, 1.54) is 11.0 Å². The van der Waals surface area contributed by atoms with Gasteiger partial charge in [0.15, 0.2) is 0 Å². The predicted octanol–water partition coefficient (Wildman–Crippen LogP) is 0.160. The molecule has 9 nitrogen and oxygen atoms in total. The lowest BCUT2D eigenvalue weighted by Crippen LogP contribution is -2.42. The second kappa shape index (κ2) is 6.58. The SMILES string of the molecule is CCn1c(C2CCN(C(=O)[C@@H](C)n3cncn3)CC2)nn(C)c1=O. The molecule has 1 fully saturated rings. The normalized spacial score (nSPS) is 17.2. The van der Waals surface area contributed by atoms with Crippen LogP contribution in [0, 0.1) is 0 Å². The maximum atomic E-state index is 12.6. The van der Waals surface area contributed by atoms with E-state index in [4.69, 9.17) is 0 Å². The Morgan fingerprint density at radius 1 is 1.38 bits per heavy atom. The summed E-state index contributed by atoms with van der Waals surface area (Å²) in [6, 6.07) is -0.354. The molecular weight excluding hydrogens is 310 g/mol. The molecule has 24 heavy (non-hydrogen) atoms. The van der Waals surface area contributed by atoms with Crippen LogP contribution in [0.25, 0.3) is 0 Å². The average Bonchev–Trinajstić information content (AvgIpc) is 3.23. The molecule has 0 bridgehead atoms. The van der Waals surface area contributed by atoms with Crippen molar-refractivity contribution in [2.75, 3.05) is 13.1 Å². The predicted molar refractivity (Wildman–Crippen MR) is 86.4 cm³/mol. The third-order valence-electron chi connectivity index (χ3n) is 4.72. The van der Waals surface area contributed by atoms with Gasteiger partial charge in [-0.1, -0.05) is 0 Å². The van der Waals surface area contributed by atoms with Crippen molar-refractivity contribution < 1.29 is 4.79 Å². The first-order valence-corrected chi connectivity index (χ1v) is 8.29. The molecule has 1 atom stereocenters. The summed E-state index contributed by atoms with van der Waals surface area (Å²) >= 11 is 0. The fourth-order valence-electron chi connectivity index (χ4n) is 3.28. The Morgan fingerprint density at radius 3 is 2.67 bits per heavy atom. The molecule has 0 aromatic carbocycles. The maximum absolute atomic E-state index is 12.6. The van der Waals surface area contributed by atoms with Crippen LogP contribution in [0.5, 0.6) is 0 Å². The Bertz CT molecular complexity index is 753. The Morgan fingerprint density at radius 2 is 2.08 bits per heavy atom. The lowest BCUT2D eigenvalue weighted by molar-refractivity contribution is -0.135. The van der Waals surface area contributed by atoms with Crippen molar-refractivity contribution in [1.29, 1.82) is 0 Å². The van der Waals surface area contributed by atoms with Gasteiger partial charge in [-0.3, -0.25) is 9.36 Å². The van der Waals surface area contributed by atoms with Gasteiger partial charge in [-0.2, -0.15) is 10.2 Å². The van der Waals surface area contributed by atoms with Gasteiger partial charge in [-0.05, 0) is 26.7 Å². The number of amides is 1. The Hall–Kier alpha value is -2.45. The molecule has 3 rings (SSSR count). The summed E-state index contributed by atoms with van der Waals surface area (Å²) in [4.78, 5) is 30.4. The first-order valence-electron chi connectivity index (χ1n) is 8.29. The minimum atomic E-state index is -0.354. The van der Waals surface area contributed by atoms with Crippen LogP contribution in [0.1, 0.15) is 44.5 Å². The van der Waals surface area contributed by atoms with E-state index in [-0.39, 0.29) is 23.6 Å². The van der Waals surface area contributed by atoms with Gasteiger partial charge in [0.1, 0.15) is 24.5 Å². The quantitative estimate of drug-likeness (QED) is 0.795. The summed E-state index contributed by atoms with van der Waals surface area (Å²) in [5.41, 5.74) is -0.0780. The highest BCUT2D eigenvalue weighted by atomic mass is 16.2. The van der Waals surface area contributed by atoms with E-state index in [0.717, 1.165) is 18.7 Å². The molecule has 3 heterocycles. The molecule has 1 aliphatic rings. The van der Waals surface area contributed by atoms with Gasteiger partial charge in [0.05, 0.1) is 0 Å². The zero-order chi connectivity index (χ0) is 17.3. The Balaban J connectivity index is 1.67. The van der Waals surface area contributed by atoms with Gasteiger partial charge in [-0.15, -0.1) is 0 Å². The van der Waals surface area contributed by atoms with E-state index in [9.17, 15) is 9.59 Å². The largest absolute Gasteiger partial charge is 0.345 e. The summed E-state index contributed by atoms with van der Waals surface area (Å²) < 4.78 is 4.69. The fraction of sp³-hybridized carbons (Fsp3) is 0.667. The smallest absolute Gasteiger partial charge is 0.341 e. The molecular formula is C15H23N7O2. The Kier molecular flexibility index (Phi) is 4.50. The van der Waals surface area contributed by atoms with E-state index in [0.29, 0.717) is 19.6 Å². The summed E-state index contributed by atoms with van der Waals surface area (Å²) in [5, 5.41) is 8.43. The molecule has 9 heteroatoms. The van der Waals surface area contributed by atoms with Crippen LogP contribution in [0.15, 0.2) is 17.4 Å². The van der Waals surface area contributed by atoms with Crippen LogP contribution < -0.4 is 5.69 Å². The van der Waals surface area contributed by atoms with Gasteiger partial charge in [-0.25, -0.2) is 19.1 Å². The summed E-state index contributed by atoms with van der Waals surface area (Å²) in [6.45, 7) is 5.72. The van der Waals surface area contributed by atoms with Crippen LogP contribution in [0.4, 0.5) is 0 Å². The molecule has 1 saturated heterocycles. The number of carbonyl (C=O) groups is 1. The highest BCUT2D eigenvalue weighted by molar-refractivity contribution is 5.80. The van der Waals surface area contributed by atoms with Gasteiger partial charge in [0, 0.05) is 32.6 Å². The number of hydrogen-bond donors (Lipinski definition) is 0. The third kappa shape index (κ3) is 2.85. The first-order chi connectivity index (χ1) is 11.5. The van der Waals surface area contributed by atoms with Crippen LogP contribution in [-0.2, 0) is 18.4 Å². The van der Waals surface area contributed by atoms with Crippen LogP contribution in [0.2, 0.25) is 0 Å². The molecule has 2 aromatic heterocycles. The van der Waals surface area contributed by atoms with Crippen LogP contribution in [-0.4, -0.2) is 53.0 Å². The molecule has 2 aromatic rings. The molecule has 130 valence electrons. The van der Waals surface area contributed by atoms with Crippen molar-refractivity contribution in [2.24, 2.45) is 7.05 Å². The van der Waals surface area contributed by atoms with Crippen LogP contribution >= 0.6 is 0 Å². The second-order valence-corrected chi connectivity index (χ2v) is 6.16. The zero-order valence-electron chi connectivity index (χ0n) is 14.3. The van der Waals surface area contributed by atoms with Gasteiger partial charge < -0.3 is 4.90 Å². The summed E-state index contributed by atoms with van der Waals surface area (Å²) in [7, 11) is 1.68. The second-order valence-electron chi connectivity index (χ2n) is 6.16. The topological polar surface area (TPSA) is 90.8 Å². The highest BCUT2D eigenvalue weighted by Gasteiger charge is 2.30. The molecule has 1 amide bonds. The number of likely N-dealkylation sites (tertiary alicyclic amines) is 1. The van der Waals surface area contributed by atoms with E-state index in [2.05, 4.69) is 15.2 Å². The van der Waals surface area contributed by atoms with Crippen molar-refractivity contribution >= 4 is 5.91 Å². The lowest BCUT2D eigenvalue weighted by atomic mass is 9.95. The van der Waals surface area contributed by atoms with E-state index < -0.39 is 0 Å². The molecule has 0 aliphatic carbocycles. The molecule has 0 radical (unpaired) electrons. The van der Waals surface area contributed by atoms with Gasteiger partial charge in [0.2, 0.25) is 5.91 Å². The van der Waals surface area contributed by atoms with Crippen molar-refractivity contribution in [1.82, 2.24) is 34.0 Å². The number of hydrogen-bond acceptors (Lipinski definition) is 5. The minimum Gasteiger partial charge on any atom is -0.341 e. The maximum Gasteiger partial charge on any atom is 0.345 e. The number of aryl methyl sites for hydroxylation is 1. The number of rotatable bonds is 4. The zero-order valence-corrected chi connectivity index (χ0v) is 14.3. The van der Waals surface area contributed by atoms with E-state index in [1.54, 1.807) is 22.6 Å². The summed E-state index contributed by atoms with van der Waals surface area (Å²) in [5.74, 6) is 1.10. The number of piperidine rings is 1. The van der Waals surface area contributed by atoms with Crippen molar-refractivity contribution in [3.8, 4) is 0 Å². The van der Waals surface area contributed by atoms with E-state index >= 15 is 0 Å². The minimum absolute atomic E-state index is 0.0489. The van der Waals surface area contributed by atoms with Gasteiger partial charge >= 0.3 is 5.69 Å². The highest BCUT2D eigenvalue weighted by Crippen LogP contribution is 2.27. The lowest BCUT2D eigenvalue weighted by Gasteiger charge is -2.33. The average molecular weight is 333 g/mol. The standard InChI is InChI=1S/C15H23N7O2/c1-4-21-13(18-19(3)15(21)24)12-5-7-20(8-6-12)14(23)11(2)22-10-16-9-17-22/h9-12H,4-8H2,1-3H3/t11-/m1/s1. The first kappa shape index (κ1) is 16.4. The van der Waals surface area contributed by atoms with Crippen molar-refractivity contribution in [3.63, 3.8) is 0 Å². The number of carbonyl (C=O) groups excluding carboxylic acids is 1. The monoisotopic (exact) mass is 333 g/mol. The fourth-order valence-corrected chi connectivity index (χ4v) is 3.28. The number of aromatic nitrogens is 6. The van der Waals surface area contributed by atoms with Crippen LogP contribution in [0.3, 0.4) is 0 Å². The molecule has 1 aliphatic heterocycles. The number of nitrogens with zero attached hydrogens (tertiary/aromatic N) is 7. The molecule has 0 unspecified atom stereocenters. The third-order valence-corrected chi connectivity index (χ3v) is 4.72. The van der Waals surface area contributed by atoms with Crippen molar-refractivity contribution in [3.05, 3.63) is 29.0 Å². The summed E-state index contributed by atoms with van der Waals surface area (Å²) in [6.07, 6.45) is 4.61. The van der Waals surface area contributed by atoms with Crippen molar-refractivity contribution in [2.45, 2.75) is 45.2 Å². The molecule has 0 spiro atoms. The van der Waals surface area contributed by atoms with Gasteiger partial charge in [0.25, 0.3) is 0 Å². The van der Waals surface area contributed by atoms with E-state index in [1.807, 2.05) is 18.7 Å². The molecule has 0 N–H and O–H groups in total. The Labute approximate surface area is 139 Å².